The van der Waals surface area contributed by atoms with Gasteiger partial charge >= 0.3 is 0 Å². The summed E-state index contributed by atoms with van der Waals surface area (Å²) in [5.41, 5.74) is 2.20. The molecule has 0 amide bonds. The summed E-state index contributed by atoms with van der Waals surface area (Å²) in [6, 6.07) is 10.3. The molecule has 2 N–H and O–H groups in total. The minimum atomic E-state index is 0.695. The second-order valence-electron chi connectivity index (χ2n) is 8.18. The lowest BCUT2D eigenvalue weighted by Crippen LogP contribution is -2.46. The van der Waals surface area contributed by atoms with E-state index in [9.17, 15) is 0 Å². The Labute approximate surface area is 187 Å². The lowest BCUT2D eigenvalue weighted by Gasteiger charge is -2.33. The number of aromatic nitrogens is 2. The second-order valence-corrected chi connectivity index (χ2v) is 8.18. The summed E-state index contributed by atoms with van der Waals surface area (Å²) in [4.78, 5) is 20.1. The maximum atomic E-state index is 4.85. The Kier molecular flexibility index (Phi) is 9.37. The number of hydrogen-bond donors (Lipinski definition) is 2. The first-order valence-corrected chi connectivity index (χ1v) is 11.7. The molecule has 1 aromatic carbocycles. The van der Waals surface area contributed by atoms with Gasteiger partial charge in [0.1, 0.15) is 5.82 Å². The molecule has 1 aliphatic rings. The Morgan fingerprint density at radius 3 is 2.55 bits per heavy atom. The predicted octanol–water partition coefficient (Wildman–Crippen LogP) is 2.89. The van der Waals surface area contributed by atoms with Gasteiger partial charge in [0, 0.05) is 46.3 Å². The van der Waals surface area contributed by atoms with E-state index in [1.165, 1.54) is 45.7 Å². The van der Waals surface area contributed by atoms with E-state index in [1.54, 1.807) is 0 Å². The van der Waals surface area contributed by atoms with Crippen LogP contribution in [0.25, 0.3) is 11.3 Å². The number of imidazole rings is 1. The van der Waals surface area contributed by atoms with E-state index in [1.807, 2.05) is 24.4 Å². The van der Waals surface area contributed by atoms with Crippen molar-refractivity contribution in [2.75, 3.05) is 59.4 Å². The number of rotatable bonds is 10. The molecule has 1 fully saturated rings. The SMILES string of the molecule is CCNC(=NCCCCN1CCN(CC)CC1)N(C)Cc1ncc(-c2ccccc2)[nH]1. The molecule has 0 spiro atoms. The number of piperazine rings is 1. The first-order valence-electron chi connectivity index (χ1n) is 11.7. The quantitative estimate of drug-likeness (QED) is 0.348. The summed E-state index contributed by atoms with van der Waals surface area (Å²) in [7, 11) is 2.07. The number of guanidine groups is 1. The molecule has 170 valence electrons. The molecular formula is C24H39N7. The highest BCUT2D eigenvalue weighted by Crippen LogP contribution is 2.16. The Bertz CT molecular complexity index is 778. The van der Waals surface area contributed by atoms with Crippen LogP contribution in [-0.4, -0.2) is 90.0 Å². The van der Waals surface area contributed by atoms with E-state index in [0.717, 1.165) is 42.6 Å². The molecule has 31 heavy (non-hydrogen) atoms. The maximum absolute atomic E-state index is 4.85. The minimum Gasteiger partial charge on any atom is -0.357 e. The summed E-state index contributed by atoms with van der Waals surface area (Å²) >= 11 is 0. The van der Waals surface area contributed by atoms with E-state index in [4.69, 9.17) is 4.99 Å². The van der Waals surface area contributed by atoms with E-state index in [0.29, 0.717) is 6.54 Å². The van der Waals surface area contributed by atoms with Crippen molar-refractivity contribution >= 4 is 5.96 Å². The topological polar surface area (TPSA) is 62.8 Å². The van der Waals surface area contributed by atoms with Crippen LogP contribution in [0.15, 0.2) is 41.5 Å². The second kappa shape index (κ2) is 12.5. The van der Waals surface area contributed by atoms with Crippen molar-refractivity contribution in [3.05, 3.63) is 42.4 Å². The largest absolute Gasteiger partial charge is 0.357 e. The number of aromatic amines is 1. The molecule has 0 unspecified atom stereocenters. The molecule has 7 nitrogen and oxygen atoms in total. The van der Waals surface area contributed by atoms with Crippen LogP contribution in [0.2, 0.25) is 0 Å². The van der Waals surface area contributed by atoms with Gasteiger partial charge in [-0.05, 0) is 38.4 Å². The van der Waals surface area contributed by atoms with Crippen molar-refractivity contribution in [1.29, 1.82) is 0 Å². The zero-order valence-corrected chi connectivity index (χ0v) is 19.5. The summed E-state index contributed by atoms with van der Waals surface area (Å²) in [5, 5.41) is 3.41. The Morgan fingerprint density at radius 1 is 1.10 bits per heavy atom. The van der Waals surface area contributed by atoms with Crippen LogP contribution in [0.4, 0.5) is 0 Å². The molecule has 2 aromatic rings. The van der Waals surface area contributed by atoms with E-state index >= 15 is 0 Å². The minimum absolute atomic E-state index is 0.695. The van der Waals surface area contributed by atoms with Crippen LogP contribution < -0.4 is 5.32 Å². The van der Waals surface area contributed by atoms with Crippen molar-refractivity contribution in [3.63, 3.8) is 0 Å². The summed E-state index contributed by atoms with van der Waals surface area (Å²) < 4.78 is 0. The molecule has 1 aromatic heterocycles. The zero-order valence-electron chi connectivity index (χ0n) is 19.5. The standard InChI is InChI=1S/C24H39N7/c1-4-25-24(26-13-9-10-14-31-17-15-30(5-2)16-18-31)29(3)20-23-27-19-22(28-23)21-11-7-6-8-12-21/h6-8,11-12,19H,4-5,9-10,13-18,20H2,1-3H3,(H,25,26)(H,27,28). The third-order valence-corrected chi connectivity index (χ3v) is 5.85. The highest BCUT2D eigenvalue weighted by atomic mass is 15.3. The number of hydrogen-bond acceptors (Lipinski definition) is 4. The molecule has 3 rings (SSSR count). The van der Waals surface area contributed by atoms with E-state index in [2.05, 4.69) is 63.0 Å². The van der Waals surface area contributed by atoms with E-state index < -0.39 is 0 Å². The van der Waals surface area contributed by atoms with Gasteiger partial charge in [0.15, 0.2) is 5.96 Å². The maximum Gasteiger partial charge on any atom is 0.194 e. The fraction of sp³-hybridized carbons (Fsp3) is 0.583. The summed E-state index contributed by atoms with van der Waals surface area (Å²) in [5.74, 6) is 1.88. The first kappa shape index (κ1) is 23.3. The molecule has 1 saturated heterocycles. The van der Waals surface area contributed by atoms with Gasteiger partial charge < -0.3 is 25.0 Å². The van der Waals surface area contributed by atoms with Crippen molar-refractivity contribution in [1.82, 2.24) is 30.0 Å². The number of nitrogens with one attached hydrogen (secondary N) is 2. The Balaban J connectivity index is 1.43. The van der Waals surface area contributed by atoms with Crippen LogP contribution >= 0.6 is 0 Å². The van der Waals surface area contributed by atoms with Crippen LogP contribution in [0.1, 0.15) is 32.5 Å². The Morgan fingerprint density at radius 2 is 1.84 bits per heavy atom. The van der Waals surface area contributed by atoms with Crippen LogP contribution in [0.3, 0.4) is 0 Å². The van der Waals surface area contributed by atoms with Gasteiger partial charge in [0.25, 0.3) is 0 Å². The van der Waals surface area contributed by atoms with E-state index in [-0.39, 0.29) is 0 Å². The average molecular weight is 426 g/mol. The smallest absolute Gasteiger partial charge is 0.194 e. The van der Waals surface area contributed by atoms with Gasteiger partial charge in [-0.2, -0.15) is 0 Å². The zero-order chi connectivity index (χ0) is 21.9. The third kappa shape index (κ3) is 7.36. The highest BCUT2D eigenvalue weighted by molar-refractivity contribution is 5.79. The fourth-order valence-corrected chi connectivity index (χ4v) is 3.94. The summed E-state index contributed by atoms with van der Waals surface area (Å²) in [6.07, 6.45) is 4.23. The monoisotopic (exact) mass is 425 g/mol. The number of nitrogens with zero attached hydrogens (tertiary/aromatic N) is 5. The highest BCUT2D eigenvalue weighted by Gasteiger charge is 2.14. The van der Waals surface area contributed by atoms with Gasteiger partial charge in [-0.15, -0.1) is 0 Å². The van der Waals surface area contributed by atoms with Gasteiger partial charge in [-0.25, -0.2) is 4.98 Å². The van der Waals surface area contributed by atoms with Crippen molar-refractivity contribution in [2.45, 2.75) is 33.2 Å². The van der Waals surface area contributed by atoms with Crippen LogP contribution in [0.5, 0.6) is 0 Å². The number of H-pyrrole nitrogens is 1. The predicted molar refractivity (Wildman–Crippen MR) is 129 cm³/mol. The fourth-order valence-electron chi connectivity index (χ4n) is 3.94. The number of aliphatic imine (C=N–C) groups is 1. The lowest BCUT2D eigenvalue weighted by molar-refractivity contribution is 0.136. The molecule has 7 heteroatoms. The molecule has 0 radical (unpaired) electrons. The molecule has 0 bridgehead atoms. The van der Waals surface area contributed by atoms with Gasteiger partial charge in [0.05, 0.1) is 18.4 Å². The van der Waals surface area contributed by atoms with Crippen molar-refractivity contribution in [3.8, 4) is 11.3 Å². The molecule has 0 saturated carbocycles. The Hall–Kier alpha value is -2.38. The molecule has 2 heterocycles. The van der Waals surface area contributed by atoms with Crippen molar-refractivity contribution in [2.24, 2.45) is 4.99 Å². The molecule has 1 aliphatic heterocycles. The normalized spacial score (nSPS) is 15.9. The number of benzene rings is 1. The van der Waals surface area contributed by atoms with Crippen LogP contribution in [0, 0.1) is 0 Å². The van der Waals surface area contributed by atoms with Gasteiger partial charge in [-0.3, -0.25) is 4.99 Å². The molecular weight excluding hydrogens is 386 g/mol. The average Bonchev–Trinajstić information content (AvgIpc) is 3.27. The molecule has 0 aliphatic carbocycles. The van der Waals surface area contributed by atoms with Crippen LogP contribution in [-0.2, 0) is 6.54 Å². The van der Waals surface area contributed by atoms with Gasteiger partial charge in [-0.1, -0.05) is 37.3 Å². The third-order valence-electron chi connectivity index (χ3n) is 5.85. The number of likely N-dealkylation sites (N-methyl/N-ethyl adjacent to an activating group) is 1. The van der Waals surface area contributed by atoms with Gasteiger partial charge in [0.2, 0.25) is 0 Å². The first-order chi connectivity index (χ1) is 15.2. The molecule has 0 atom stereocenters. The van der Waals surface area contributed by atoms with Crippen molar-refractivity contribution < 1.29 is 0 Å². The number of unbranched alkanes of at least 4 members (excludes halogenated alkanes) is 1. The summed E-state index contributed by atoms with van der Waals surface area (Å²) in [6.45, 7) is 14.0. The lowest BCUT2D eigenvalue weighted by atomic mass is 10.2.